The summed E-state index contributed by atoms with van der Waals surface area (Å²) in [4.78, 5) is 6.53. The van der Waals surface area contributed by atoms with Crippen LogP contribution in [0.5, 0.6) is 0 Å². The second kappa shape index (κ2) is 20.6. The smallest absolute Gasteiger partial charge is 0.122 e. The van der Waals surface area contributed by atoms with Crippen molar-refractivity contribution in [3.63, 3.8) is 0 Å². The summed E-state index contributed by atoms with van der Waals surface area (Å²) in [5, 5.41) is 3.75. The molecule has 0 amide bonds. The molecule has 0 saturated carbocycles. The third-order valence-corrected chi connectivity index (χ3v) is 18.2. The van der Waals surface area contributed by atoms with Gasteiger partial charge in [-0.1, -0.05) is 168 Å². The molecule has 240 valence electrons. The largest absolute Gasteiger partial charge is 0.140 e. The molecule has 0 bridgehead atoms. The number of unbranched alkanes of at least 4 members (excludes halogenated alkanes) is 18. The van der Waals surface area contributed by atoms with E-state index in [4.69, 9.17) is 0 Å². The average molecular weight is 629 g/mol. The molecule has 1 unspecified atom stereocenters. The summed E-state index contributed by atoms with van der Waals surface area (Å²) < 4.78 is 0. The van der Waals surface area contributed by atoms with Gasteiger partial charge < -0.3 is 0 Å². The van der Waals surface area contributed by atoms with Gasteiger partial charge in [-0.25, -0.2) is 0 Å². The highest BCUT2D eigenvalue weighted by molar-refractivity contribution is 7.29. The monoisotopic (exact) mass is 628 g/mol. The Bertz CT molecular complexity index is 923. The van der Waals surface area contributed by atoms with Crippen molar-refractivity contribution in [2.24, 2.45) is 5.92 Å². The van der Waals surface area contributed by atoms with Crippen molar-refractivity contribution in [2.45, 2.75) is 194 Å². The van der Waals surface area contributed by atoms with Crippen molar-refractivity contribution >= 4 is 41.1 Å². The van der Waals surface area contributed by atoms with Gasteiger partial charge in [-0.3, -0.25) is 0 Å². The maximum absolute atomic E-state index is 2.69. The lowest BCUT2D eigenvalue weighted by atomic mass is 9.96. The number of rotatable bonds is 26. The molecule has 1 atom stereocenters. The van der Waals surface area contributed by atoms with Crippen LogP contribution in [0.4, 0.5) is 0 Å². The van der Waals surface area contributed by atoms with Crippen molar-refractivity contribution in [2.75, 3.05) is 0 Å². The molecule has 42 heavy (non-hydrogen) atoms. The molecule has 0 fully saturated rings. The Morgan fingerprint density at radius 3 is 1.29 bits per heavy atom. The van der Waals surface area contributed by atoms with Crippen LogP contribution < -0.4 is 10.4 Å². The molecule has 0 radical (unpaired) electrons. The van der Waals surface area contributed by atoms with E-state index in [1.165, 1.54) is 160 Å². The van der Waals surface area contributed by atoms with Crippen molar-refractivity contribution in [1.29, 1.82) is 0 Å². The first kappa shape index (κ1) is 36.1. The van der Waals surface area contributed by atoms with Crippen molar-refractivity contribution in [3.8, 4) is 9.75 Å². The molecule has 2 aromatic heterocycles. The number of hydrogen-bond acceptors (Lipinski definition) is 2. The van der Waals surface area contributed by atoms with E-state index in [1.54, 1.807) is 19.5 Å². The summed E-state index contributed by atoms with van der Waals surface area (Å²) in [6.45, 7) is 11.8. The minimum atomic E-state index is -1.72. The van der Waals surface area contributed by atoms with Gasteiger partial charge >= 0.3 is 0 Å². The van der Waals surface area contributed by atoms with Gasteiger partial charge in [0.25, 0.3) is 0 Å². The molecular formula is C39H68S2Si. The zero-order valence-electron chi connectivity index (χ0n) is 28.7. The van der Waals surface area contributed by atoms with E-state index >= 15 is 0 Å². The summed E-state index contributed by atoms with van der Waals surface area (Å²) in [5.74, 6) is 0.937. The van der Waals surface area contributed by atoms with Crippen LogP contribution in [0.3, 0.4) is 0 Å². The molecule has 3 heterocycles. The topological polar surface area (TPSA) is 0 Å². The number of aryl methyl sites for hydroxylation is 2. The molecule has 0 nitrogen and oxygen atoms in total. The highest BCUT2D eigenvalue weighted by Crippen LogP contribution is 2.44. The maximum atomic E-state index is 2.69. The van der Waals surface area contributed by atoms with Gasteiger partial charge in [0.2, 0.25) is 0 Å². The van der Waals surface area contributed by atoms with E-state index in [0.29, 0.717) is 0 Å². The van der Waals surface area contributed by atoms with Crippen LogP contribution in [-0.4, -0.2) is 8.07 Å². The molecule has 1 aliphatic rings. The van der Waals surface area contributed by atoms with E-state index in [9.17, 15) is 0 Å². The third kappa shape index (κ3) is 11.2. The van der Waals surface area contributed by atoms with Gasteiger partial charge in [0, 0.05) is 19.5 Å². The molecule has 3 heteroatoms. The highest BCUT2D eigenvalue weighted by atomic mass is 32.1. The number of thiophene rings is 2. The third-order valence-electron chi connectivity index (χ3n) is 10.2. The van der Waals surface area contributed by atoms with Crippen LogP contribution in [0, 0.1) is 19.8 Å². The number of fused-ring (bicyclic) bond motifs is 3. The van der Waals surface area contributed by atoms with E-state index in [2.05, 4.69) is 69.4 Å². The zero-order chi connectivity index (χ0) is 30.0. The predicted octanol–water partition coefficient (Wildman–Crippen LogP) is 13.6. The second-order valence-corrected chi connectivity index (χ2v) is 20.7. The van der Waals surface area contributed by atoms with E-state index < -0.39 is 8.07 Å². The Balaban J connectivity index is 1.67. The Hall–Kier alpha value is -0.383. The lowest BCUT2D eigenvalue weighted by Crippen LogP contribution is -2.55. The van der Waals surface area contributed by atoms with Gasteiger partial charge in [0.1, 0.15) is 8.07 Å². The molecule has 1 aliphatic heterocycles. The summed E-state index contributed by atoms with van der Waals surface area (Å²) in [6, 6.07) is 8.42. The van der Waals surface area contributed by atoms with E-state index in [0.717, 1.165) is 5.92 Å². The standard InChI is InChI=1S/C39H68S2Si/c1-6-9-12-15-17-18-19-20-21-23-26-29-42(36-30-33(4)40-38(36)39-37(42)31-34(5)41-39)32-35(27-24-14-11-8-3)28-25-22-16-13-10-7-2/h30-31,35H,6-29,32H2,1-5H3. The van der Waals surface area contributed by atoms with Crippen LogP contribution >= 0.6 is 22.7 Å². The van der Waals surface area contributed by atoms with Gasteiger partial charge in [-0.15, -0.1) is 22.7 Å². The van der Waals surface area contributed by atoms with Gasteiger partial charge in [-0.05, 0) is 54.4 Å². The second-order valence-electron chi connectivity index (χ2n) is 14.0. The van der Waals surface area contributed by atoms with Crippen LogP contribution in [0.2, 0.25) is 12.1 Å². The zero-order valence-corrected chi connectivity index (χ0v) is 31.4. The van der Waals surface area contributed by atoms with Crippen LogP contribution in [0.1, 0.15) is 178 Å². The Morgan fingerprint density at radius 1 is 0.500 bits per heavy atom. The molecule has 0 aliphatic carbocycles. The lowest BCUT2D eigenvalue weighted by molar-refractivity contribution is 0.430. The molecule has 0 spiro atoms. The molecule has 0 aromatic carbocycles. The fourth-order valence-corrected chi connectivity index (χ4v) is 17.5. The normalized spacial score (nSPS) is 14.4. The minimum Gasteiger partial charge on any atom is -0.140 e. The molecule has 3 rings (SSSR count). The maximum Gasteiger partial charge on any atom is 0.122 e. The van der Waals surface area contributed by atoms with Crippen LogP contribution in [0.15, 0.2) is 12.1 Å². The summed E-state index contributed by atoms with van der Waals surface area (Å²) in [7, 11) is -1.72. The van der Waals surface area contributed by atoms with Crippen LogP contribution in [0.25, 0.3) is 9.75 Å². The van der Waals surface area contributed by atoms with Crippen molar-refractivity contribution in [3.05, 3.63) is 21.9 Å². The molecule has 0 saturated heterocycles. The molecular weight excluding hydrogens is 561 g/mol. The summed E-state index contributed by atoms with van der Waals surface area (Å²) in [5.41, 5.74) is 0. The van der Waals surface area contributed by atoms with Crippen molar-refractivity contribution in [1.82, 2.24) is 0 Å². The van der Waals surface area contributed by atoms with E-state index in [-0.39, 0.29) is 0 Å². The van der Waals surface area contributed by atoms with Crippen LogP contribution in [-0.2, 0) is 0 Å². The van der Waals surface area contributed by atoms with Gasteiger partial charge in [0.15, 0.2) is 0 Å². The Morgan fingerprint density at radius 2 is 0.857 bits per heavy atom. The first-order chi connectivity index (χ1) is 20.6. The van der Waals surface area contributed by atoms with Gasteiger partial charge in [0.05, 0.1) is 0 Å². The first-order valence-corrected chi connectivity index (χ1v) is 22.8. The Kier molecular flexibility index (Phi) is 17.7. The lowest BCUT2D eigenvalue weighted by Gasteiger charge is -2.33. The molecule has 2 aromatic rings. The average Bonchev–Trinajstić information content (AvgIpc) is 3.62. The quantitative estimate of drug-likeness (QED) is 0.0718. The first-order valence-electron chi connectivity index (χ1n) is 18.8. The van der Waals surface area contributed by atoms with Crippen molar-refractivity contribution < 1.29 is 0 Å². The fraction of sp³-hybridized carbons (Fsp3) is 0.795. The molecule has 0 N–H and O–H groups in total. The van der Waals surface area contributed by atoms with E-state index in [1.807, 2.05) is 10.4 Å². The Labute approximate surface area is 271 Å². The minimum absolute atomic E-state index is 0.937. The highest BCUT2D eigenvalue weighted by Gasteiger charge is 2.48. The predicted molar refractivity (Wildman–Crippen MR) is 198 cm³/mol. The van der Waals surface area contributed by atoms with Gasteiger partial charge in [-0.2, -0.15) is 0 Å². The summed E-state index contributed by atoms with van der Waals surface area (Å²) in [6.07, 6.45) is 33.2. The fourth-order valence-electron chi connectivity index (χ4n) is 7.82. The summed E-state index contributed by atoms with van der Waals surface area (Å²) >= 11 is 4.24. The number of hydrogen-bond donors (Lipinski definition) is 0. The SMILES string of the molecule is CCCCCCCCCCCCC[Si]1(CC(CCCCCC)CCCCCCCC)c2cc(C)sc2-c2sc(C)cc21.